The number of fused-ring (bicyclic) bond motifs is 1. The molecule has 4 heteroatoms. The molecular formula is C13H16N2O2. The van der Waals surface area contributed by atoms with E-state index >= 15 is 0 Å². The van der Waals surface area contributed by atoms with E-state index in [2.05, 4.69) is 9.97 Å². The van der Waals surface area contributed by atoms with Crippen LogP contribution in [0.4, 0.5) is 0 Å². The van der Waals surface area contributed by atoms with Gasteiger partial charge in [0.1, 0.15) is 5.82 Å². The van der Waals surface area contributed by atoms with Crippen molar-refractivity contribution in [1.82, 2.24) is 9.97 Å². The Bertz CT molecular complexity index is 515. The third kappa shape index (κ3) is 2.06. The van der Waals surface area contributed by atoms with Crippen LogP contribution in [0.1, 0.15) is 30.1 Å². The van der Waals surface area contributed by atoms with Crippen molar-refractivity contribution in [3.05, 3.63) is 29.6 Å². The van der Waals surface area contributed by atoms with Crippen LogP contribution in [0.15, 0.2) is 18.2 Å². The number of rotatable bonds is 2. The number of ether oxygens (including phenoxy) is 1. The van der Waals surface area contributed by atoms with Gasteiger partial charge in [0.15, 0.2) is 0 Å². The molecule has 2 heterocycles. The highest BCUT2D eigenvalue weighted by atomic mass is 16.5. The molecule has 0 unspecified atom stereocenters. The van der Waals surface area contributed by atoms with E-state index < -0.39 is 0 Å². The average molecular weight is 232 g/mol. The van der Waals surface area contributed by atoms with Crippen molar-refractivity contribution in [3.8, 4) is 0 Å². The second-order valence-corrected chi connectivity index (χ2v) is 4.52. The standard InChI is InChI=1S/C13H16N2O2/c16-8-9-1-2-11-12(7-9)15-13(14-11)10-3-5-17-6-4-10/h1-2,7,10,16H,3-6,8H2,(H,14,15). The Morgan fingerprint density at radius 3 is 2.94 bits per heavy atom. The maximum absolute atomic E-state index is 9.10. The number of nitrogens with zero attached hydrogens (tertiary/aromatic N) is 1. The fourth-order valence-electron chi connectivity index (χ4n) is 2.34. The summed E-state index contributed by atoms with van der Waals surface area (Å²) in [4.78, 5) is 7.98. The second kappa shape index (κ2) is 4.47. The van der Waals surface area contributed by atoms with E-state index in [1.807, 2.05) is 18.2 Å². The zero-order valence-corrected chi connectivity index (χ0v) is 9.65. The molecule has 17 heavy (non-hydrogen) atoms. The van der Waals surface area contributed by atoms with Crippen molar-refractivity contribution in [2.75, 3.05) is 13.2 Å². The molecule has 1 aliphatic rings. The summed E-state index contributed by atoms with van der Waals surface area (Å²) in [5.74, 6) is 1.53. The molecular weight excluding hydrogens is 216 g/mol. The van der Waals surface area contributed by atoms with Gasteiger partial charge in [-0.15, -0.1) is 0 Å². The van der Waals surface area contributed by atoms with Crippen molar-refractivity contribution in [2.24, 2.45) is 0 Å². The summed E-state index contributed by atoms with van der Waals surface area (Å²) in [5, 5.41) is 9.10. The zero-order valence-electron chi connectivity index (χ0n) is 9.65. The Labute approximate surface area is 99.6 Å². The van der Waals surface area contributed by atoms with Gasteiger partial charge < -0.3 is 14.8 Å². The lowest BCUT2D eigenvalue weighted by Crippen LogP contribution is -2.15. The number of nitrogens with one attached hydrogen (secondary N) is 1. The summed E-state index contributed by atoms with van der Waals surface area (Å²) in [6.45, 7) is 1.72. The molecule has 0 radical (unpaired) electrons. The minimum Gasteiger partial charge on any atom is -0.392 e. The van der Waals surface area contributed by atoms with Gasteiger partial charge in [-0.1, -0.05) is 6.07 Å². The molecule has 1 aromatic heterocycles. The summed E-state index contributed by atoms with van der Waals surface area (Å²) >= 11 is 0. The summed E-state index contributed by atoms with van der Waals surface area (Å²) < 4.78 is 5.36. The zero-order chi connectivity index (χ0) is 11.7. The second-order valence-electron chi connectivity index (χ2n) is 4.52. The van der Waals surface area contributed by atoms with Gasteiger partial charge in [-0.05, 0) is 30.5 Å². The van der Waals surface area contributed by atoms with Gasteiger partial charge in [0, 0.05) is 19.1 Å². The predicted octanol–water partition coefficient (Wildman–Crippen LogP) is 1.95. The lowest BCUT2D eigenvalue weighted by atomic mass is 10.00. The van der Waals surface area contributed by atoms with Gasteiger partial charge in [-0.25, -0.2) is 4.98 Å². The van der Waals surface area contributed by atoms with Gasteiger partial charge >= 0.3 is 0 Å². The monoisotopic (exact) mass is 232 g/mol. The fraction of sp³-hybridized carbons (Fsp3) is 0.462. The highest BCUT2D eigenvalue weighted by molar-refractivity contribution is 5.75. The van der Waals surface area contributed by atoms with Crippen LogP contribution in [-0.2, 0) is 11.3 Å². The maximum Gasteiger partial charge on any atom is 0.110 e. The Kier molecular flexibility index (Phi) is 2.82. The molecule has 2 N–H and O–H groups in total. The lowest BCUT2D eigenvalue weighted by molar-refractivity contribution is 0.0838. The maximum atomic E-state index is 9.10. The van der Waals surface area contributed by atoms with Crippen LogP contribution in [0.5, 0.6) is 0 Å². The number of hydrogen-bond acceptors (Lipinski definition) is 3. The van der Waals surface area contributed by atoms with Crippen molar-refractivity contribution in [1.29, 1.82) is 0 Å². The number of hydrogen-bond donors (Lipinski definition) is 2. The molecule has 0 amide bonds. The minimum absolute atomic E-state index is 0.0710. The molecule has 1 fully saturated rings. The van der Waals surface area contributed by atoms with Gasteiger partial charge in [0.25, 0.3) is 0 Å². The number of aliphatic hydroxyl groups is 1. The molecule has 0 saturated carbocycles. The van der Waals surface area contributed by atoms with Crippen molar-refractivity contribution in [2.45, 2.75) is 25.4 Å². The Balaban J connectivity index is 1.95. The summed E-state index contributed by atoms with van der Waals surface area (Å²) in [6, 6.07) is 5.84. The number of aromatic nitrogens is 2. The highest BCUT2D eigenvalue weighted by Gasteiger charge is 2.19. The third-order valence-electron chi connectivity index (χ3n) is 3.36. The fourth-order valence-corrected chi connectivity index (χ4v) is 2.34. The molecule has 1 saturated heterocycles. The minimum atomic E-state index is 0.0710. The first kappa shape index (κ1) is 10.7. The van der Waals surface area contributed by atoms with Gasteiger partial charge in [-0.2, -0.15) is 0 Å². The Hall–Kier alpha value is -1.39. The summed E-state index contributed by atoms with van der Waals surface area (Å²) in [5.41, 5.74) is 2.90. The van der Waals surface area contributed by atoms with Gasteiger partial charge in [-0.3, -0.25) is 0 Å². The SMILES string of the molecule is OCc1ccc2nc(C3CCOCC3)[nH]c2c1. The third-order valence-corrected chi connectivity index (χ3v) is 3.36. The predicted molar refractivity (Wildman–Crippen MR) is 64.8 cm³/mol. The molecule has 0 spiro atoms. The molecule has 3 rings (SSSR count). The van der Waals surface area contributed by atoms with Crippen LogP contribution in [0.3, 0.4) is 0 Å². The number of imidazole rings is 1. The molecule has 2 aromatic rings. The Morgan fingerprint density at radius 1 is 1.35 bits per heavy atom. The number of aromatic amines is 1. The smallest absolute Gasteiger partial charge is 0.110 e. The van der Waals surface area contributed by atoms with Crippen LogP contribution in [0, 0.1) is 0 Å². The van der Waals surface area contributed by atoms with E-state index in [-0.39, 0.29) is 6.61 Å². The molecule has 4 nitrogen and oxygen atoms in total. The van der Waals surface area contributed by atoms with Crippen LogP contribution < -0.4 is 0 Å². The van der Waals surface area contributed by atoms with Crippen LogP contribution in [-0.4, -0.2) is 28.3 Å². The molecule has 1 aliphatic heterocycles. The largest absolute Gasteiger partial charge is 0.392 e. The molecule has 0 aliphatic carbocycles. The van der Waals surface area contributed by atoms with E-state index in [4.69, 9.17) is 9.84 Å². The van der Waals surface area contributed by atoms with Crippen molar-refractivity contribution < 1.29 is 9.84 Å². The van der Waals surface area contributed by atoms with Crippen LogP contribution >= 0.6 is 0 Å². The van der Waals surface area contributed by atoms with Crippen molar-refractivity contribution in [3.63, 3.8) is 0 Å². The van der Waals surface area contributed by atoms with Crippen LogP contribution in [0.25, 0.3) is 11.0 Å². The van der Waals surface area contributed by atoms with E-state index in [0.717, 1.165) is 48.5 Å². The first-order valence-corrected chi connectivity index (χ1v) is 6.04. The molecule has 0 atom stereocenters. The van der Waals surface area contributed by atoms with Crippen LogP contribution in [0.2, 0.25) is 0 Å². The quantitative estimate of drug-likeness (QED) is 0.832. The highest BCUT2D eigenvalue weighted by Crippen LogP contribution is 2.26. The van der Waals surface area contributed by atoms with E-state index in [9.17, 15) is 0 Å². The number of H-pyrrole nitrogens is 1. The van der Waals surface area contributed by atoms with Crippen molar-refractivity contribution >= 4 is 11.0 Å². The topological polar surface area (TPSA) is 58.1 Å². The number of benzene rings is 1. The molecule has 1 aromatic carbocycles. The lowest BCUT2D eigenvalue weighted by Gasteiger charge is -2.19. The van der Waals surface area contributed by atoms with Gasteiger partial charge in [0.05, 0.1) is 17.6 Å². The Morgan fingerprint density at radius 2 is 2.18 bits per heavy atom. The average Bonchev–Trinajstić information content (AvgIpc) is 2.82. The van der Waals surface area contributed by atoms with Gasteiger partial charge in [0.2, 0.25) is 0 Å². The summed E-state index contributed by atoms with van der Waals surface area (Å²) in [7, 11) is 0. The number of aliphatic hydroxyl groups excluding tert-OH is 1. The normalized spacial score (nSPS) is 17.7. The van der Waals surface area contributed by atoms with E-state index in [1.165, 1.54) is 0 Å². The molecule has 0 bridgehead atoms. The first-order valence-electron chi connectivity index (χ1n) is 6.04. The first-order chi connectivity index (χ1) is 8.36. The van der Waals surface area contributed by atoms with E-state index in [1.54, 1.807) is 0 Å². The molecule has 90 valence electrons. The summed E-state index contributed by atoms with van der Waals surface area (Å²) in [6.07, 6.45) is 2.07. The van der Waals surface area contributed by atoms with E-state index in [0.29, 0.717) is 5.92 Å².